The molecule has 0 aliphatic heterocycles. The standard InChI is InChI=1S/C18H16N2O5/c1-22-18(21)11-4-2-5-12(8-11)24-10-16-19-17(25-20-16)14-9-13(14)15-6-3-7-23-15/h2-8,13-14H,9-10H2,1H3/t13-,14-/m1/s1. The molecule has 0 spiro atoms. The fraction of sp³-hybridized carbons (Fsp3) is 0.278. The van der Waals surface area contributed by atoms with E-state index in [1.807, 2.05) is 12.1 Å². The molecule has 0 N–H and O–H groups in total. The van der Waals surface area contributed by atoms with E-state index in [0.29, 0.717) is 28.9 Å². The normalized spacial score (nSPS) is 18.8. The molecule has 1 aromatic carbocycles. The third-order valence-electron chi connectivity index (χ3n) is 4.12. The van der Waals surface area contributed by atoms with Crippen molar-refractivity contribution in [3.63, 3.8) is 0 Å². The molecular weight excluding hydrogens is 324 g/mol. The molecule has 128 valence electrons. The fourth-order valence-electron chi connectivity index (χ4n) is 2.74. The summed E-state index contributed by atoms with van der Waals surface area (Å²) in [5.74, 6) is 2.64. The zero-order valence-electron chi connectivity index (χ0n) is 13.5. The molecule has 1 aliphatic rings. The molecular formula is C18H16N2O5. The summed E-state index contributed by atoms with van der Waals surface area (Å²) in [6, 6.07) is 10.6. The molecule has 7 heteroatoms. The number of aromatic nitrogens is 2. The van der Waals surface area contributed by atoms with Crippen LogP contribution in [0.4, 0.5) is 0 Å². The van der Waals surface area contributed by atoms with Crippen molar-refractivity contribution in [1.29, 1.82) is 0 Å². The molecule has 2 aromatic heterocycles. The number of carbonyl (C=O) groups excluding carboxylic acids is 1. The van der Waals surface area contributed by atoms with Gasteiger partial charge in [-0.05, 0) is 36.8 Å². The monoisotopic (exact) mass is 340 g/mol. The van der Waals surface area contributed by atoms with Gasteiger partial charge in [-0.25, -0.2) is 4.79 Å². The first kappa shape index (κ1) is 15.4. The predicted molar refractivity (Wildman–Crippen MR) is 85.2 cm³/mol. The molecule has 1 saturated carbocycles. The first-order valence-electron chi connectivity index (χ1n) is 7.91. The molecule has 0 amide bonds. The number of benzene rings is 1. The van der Waals surface area contributed by atoms with Crippen molar-refractivity contribution in [3.05, 3.63) is 65.7 Å². The largest absolute Gasteiger partial charge is 0.485 e. The van der Waals surface area contributed by atoms with Gasteiger partial charge >= 0.3 is 5.97 Å². The SMILES string of the molecule is COC(=O)c1cccc(OCc2noc([C@@H]3C[C@H]3c3ccco3)n2)c1. The number of esters is 1. The van der Waals surface area contributed by atoms with E-state index >= 15 is 0 Å². The summed E-state index contributed by atoms with van der Waals surface area (Å²) >= 11 is 0. The average Bonchev–Trinajstić information content (AvgIpc) is 3.06. The fourth-order valence-corrected chi connectivity index (χ4v) is 2.74. The Labute approximate surface area is 143 Å². The zero-order valence-corrected chi connectivity index (χ0v) is 13.5. The number of furan rings is 1. The first-order valence-corrected chi connectivity index (χ1v) is 7.91. The summed E-state index contributed by atoms with van der Waals surface area (Å²) in [5, 5.41) is 3.95. The van der Waals surface area contributed by atoms with E-state index in [9.17, 15) is 4.79 Å². The van der Waals surface area contributed by atoms with Crippen LogP contribution in [0.25, 0.3) is 0 Å². The maximum Gasteiger partial charge on any atom is 0.337 e. The minimum Gasteiger partial charge on any atom is -0.485 e. The van der Waals surface area contributed by atoms with Gasteiger partial charge in [0.25, 0.3) is 0 Å². The van der Waals surface area contributed by atoms with Gasteiger partial charge < -0.3 is 18.4 Å². The van der Waals surface area contributed by atoms with Gasteiger partial charge in [0.15, 0.2) is 6.61 Å². The molecule has 1 fully saturated rings. The van der Waals surface area contributed by atoms with E-state index < -0.39 is 5.97 Å². The van der Waals surface area contributed by atoms with E-state index in [1.165, 1.54) is 7.11 Å². The van der Waals surface area contributed by atoms with E-state index in [1.54, 1.807) is 30.5 Å². The molecule has 7 nitrogen and oxygen atoms in total. The Kier molecular flexibility index (Phi) is 3.97. The smallest absolute Gasteiger partial charge is 0.337 e. The lowest BCUT2D eigenvalue weighted by Crippen LogP contribution is -2.02. The zero-order chi connectivity index (χ0) is 17.2. The van der Waals surface area contributed by atoms with Gasteiger partial charge in [-0.3, -0.25) is 0 Å². The van der Waals surface area contributed by atoms with Gasteiger partial charge in [0.1, 0.15) is 11.5 Å². The summed E-state index contributed by atoms with van der Waals surface area (Å²) in [5.41, 5.74) is 0.424. The summed E-state index contributed by atoms with van der Waals surface area (Å²) in [6.45, 7) is 0.159. The second-order valence-electron chi connectivity index (χ2n) is 5.82. The van der Waals surface area contributed by atoms with E-state index in [4.69, 9.17) is 13.7 Å². The summed E-state index contributed by atoms with van der Waals surface area (Å²) in [7, 11) is 1.34. The van der Waals surface area contributed by atoms with Crippen molar-refractivity contribution in [1.82, 2.24) is 10.1 Å². The van der Waals surface area contributed by atoms with Crippen LogP contribution in [0.2, 0.25) is 0 Å². The lowest BCUT2D eigenvalue weighted by molar-refractivity contribution is 0.0600. The Balaban J connectivity index is 1.37. The van der Waals surface area contributed by atoms with Crippen molar-refractivity contribution < 1.29 is 23.2 Å². The molecule has 2 atom stereocenters. The molecule has 25 heavy (non-hydrogen) atoms. The first-order chi connectivity index (χ1) is 12.2. The van der Waals surface area contributed by atoms with Crippen LogP contribution in [0, 0.1) is 0 Å². The quantitative estimate of drug-likeness (QED) is 0.636. The number of ether oxygens (including phenoxy) is 2. The summed E-state index contributed by atoms with van der Waals surface area (Å²) in [6.07, 6.45) is 2.61. The molecule has 0 unspecified atom stereocenters. The van der Waals surface area contributed by atoms with Gasteiger partial charge in [0.2, 0.25) is 11.7 Å². The van der Waals surface area contributed by atoms with Crippen LogP contribution < -0.4 is 4.74 Å². The Hall–Kier alpha value is -3.09. The summed E-state index contributed by atoms with van der Waals surface area (Å²) < 4.78 is 21.1. The van der Waals surface area contributed by atoms with Crippen molar-refractivity contribution in [2.45, 2.75) is 24.9 Å². The number of carbonyl (C=O) groups is 1. The maximum absolute atomic E-state index is 11.5. The van der Waals surface area contributed by atoms with E-state index in [0.717, 1.165) is 12.2 Å². The highest BCUT2D eigenvalue weighted by Gasteiger charge is 2.45. The number of rotatable bonds is 6. The lowest BCUT2D eigenvalue weighted by atomic mass is 10.2. The van der Waals surface area contributed by atoms with Crippen LogP contribution in [0.3, 0.4) is 0 Å². The minimum absolute atomic E-state index is 0.159. The van der Waals surface area contributed by atoms with Crippen LogP contribution in [-0.2, 0) is 11.3 Å². The van der Waals surface area contributed by atoms with E-state index in [2.05, 4.69) is 14.9 Å². The maximum atomic E-state index is 11.5. The molecule has 3 aromatic rings. The van der Waals surface area contributed by atoms with Crippen LogP contribution in [-0.4, -0.2) is 23.2 Å². The number of hydrogen-bond acceptors (Lipinski definition) is 7. The highest BCUT2D eigenvalue weighted by molar-refractivity contribution is 5.89. The highest BCUT2D eigenvalue weighted by atomic mass is 16.5. The van der Waals surface area contributed by atoms with Crippen molar-refractivity contribution in [2.24, 2.45) is 0 Å². The highest BCUT2D eigenvalue weighted by Crippen LogP contribution is 2.54. The third kappa shape index (κ3) is 3.26. The lowest BCUT2D eigenvalue weighted by Gasteiger charge is -2.05. The molecule has 0 radical (unpaired) electrons. The van der Waals surface area contributed by atoms with Crippen molar-refractivity contribution in [2.75, 3.05) is 7.11 Å². The molecule has 1 aliphatic carbocycles. The Morgan fingerprint density at radius 1 is 1.28 bits per heavy atom. The van der Waals surface area contributed by atoms with Crippen LogP contribution in [0.5, 0.6) is 5.75 Å². The van der Waals surface area contributed by atoms with Gasteiger partial charge in [-0.1, -0.05) is 11.2 Å². The van der Waals surface area contributed by atoms with Crippen molar-refractivity contribution in [3.8, 4) is 5.75 Å². The number of methoxy groups -OCH3 is 1. The number of nitrogens with zero attached hydrogens (tertiary/aromatic N) is 2. The third-order valence-corrected chi connectivity index (χ3v) is 4.12. The Bertz CT molecular complexity index is 871. The summed E-state index contributed by atoms with van der Waals surface area (Å²) in [4.78, 5) is 15.9. The van der Waals surface area contributed by atoms with Crippen LogP contribution in [0.15, 0.2) is 51.6 Å². The number of hydrogen-bond donors (Lipinski definition) is 0. The van der Waals surface area contributed by atoms with Gasteiger partial charge in [-0.2, -0.15) is 4.98 Å². The van der Waals surface area contributed by atoms with Gasteiger partial charge in [-0.15, -0.1) is 0 Å². The van der Waals surface area contributed by atoms with Gasteiger partial charge in [0, 0.05) is 11.8 Å². The predicted octanol–water partition coefficient (Wildman–Crippen LogP) is 3.30. The molecule has 2 heterocycles. The molecule has 0 saturated heterocycles. The van der Waals surface area contributed by atoms with Crippen LogP contribution >= 0.6 is 0 Å². The molecule has 0 bridgehead atoms. The Morgan fingerprint density at radius 3 is 3.00 bits per heavy atom. The Morgan fingerprint density at radius 2 is 2.20 bits per heavy atom. The van der Waals surface area contributed by atoms with Gasteiger partial charge in [0.05, 0.1) is 18.9 Å². The van der Waals surface area contributed by atoms with E-state index in [-0.39, 0.29) is 12.5 Å². The topological polar surface area (TPSA) is 87.6 Å². The minimum atomic E-state index is -0.412. The molecule has 4 rings (SSSR count). The van der Waals surface area contributed by atoms with Crippen molar-refractivity contribution >= 4 is 5.97 Å². The van der Waals surface area contributed by atoms with Crippen LogP contribution in [0.1, 0.15) is 46.1 Å². The average molecular weight is 340 g/mol. The second-order valence-corrected chi connectivity index (χ2v) is 5.82. The second kappa shape index (κ2) is 6.43.